The molecule has 5 rings (SSSR count). The number of fused-ring (bicyclic) bond motifs is 3. The molecular weight excluding hydrogens is 454 g/mol. The molecule has 2 heterocycles. The minimum Gasteiger partial charge on any atom is -0.497 e. The molecular formula is C25H25N3O5S. The largest absolute Gasteiger partial charge is 0.497 e. The fraction of sp³-hybridized carbons (Fsp3) is 0.320. The van der Waals surface area contributed by atoms with Crippen LogP contribution in [0.4, 0.5) is 5.69 Å². The summed E-state index contributed by atoms with van der Waals surface area (Å²) in [5.41, 5.74) is 1.82. The molecule has 8 nitrogen and oxygen atoms in total. The van der Waals surface area contributed by atoms with Crippen LogP contribution in [0.3, 0.4) is 0 Å². The number of carbonyl (C=O) groups excluding carboxylic acids is 1. The highest BCUT2D eigenvalue weighted by Gasteiger charge is 2.25. The van der Waals surface area contributed by atoms with E-state index in [9.17, 15) is 9.59 Å². The number of rotatable bonds is 7. The maximum Gasteiger partial charge on any atom is 0.298 e. The van der Waals surface area contributed by atoms with Crippen LogP contribution in [-0.2, 0) is 4.79 Å². The summed E-state index contributed by atoms with van der Waals surface area (Å²) in [6.07, 6.45) is 3.96. The second kappa shape index (κ2) is 9.42. The molecule has 0 spiro atoms. The molecule has 34 heavy (non-hydrogen) atoms. The lowest BCUT2D eigenvalue weighted by Crippen LogP contribution is -2.26. The van der Waals surface area contributed by atoms with E-state index >= 15 is 0 Å². The lowest BCUT2D eigenvalue weighted by molar-refractivity contribution is -0.113. The maximum atomic E-state index is 13.5. The zero-order chi connectivity index (χ0) is 23.7. The van der Waals surface area contributed by atoms with Crippen LogP contribution in [0, 0.1) is 0 Å². The molecule has 0 radical (unpaired) electrons. The molecule has 1 aliphatic rings. The van der Waals surface area contributed by atoms with Gasteiger partial charge in [-0.2, -0.15) is 0 Å². The number of methoxy groups -OCH3 is 2. The van der Waals surface area contributed by atoms with Crippen LogP contribution in [0.5, 0.6) is 11.5 Å². The van der Waals surface area contributed by atoms with Crippen LogP contribution in [0.15, 0.2) is 56.8 Å². The Morgan fingerprint density at radius 2 is 1.85 bits per heavy atom. The highest BCUT2D eigenvalue weighted by molar-refractivity contribution is 7.99. The van der Waals surface area contributed by atoms with Crippen molar-refractivity contribution in [1.82, 2.24) is 9.55 Å². The van der Waals surface area contributed by atoms with Crippen LogP contribution >= 0.6 is 11.8 Å². The van der Waals surface area contributed by atoms with Gasteiger partial charge in [0.2, 0.25) is 11.5 Å². The standard InChI is InChI=1S/C25H25N3O5S/c1-31-17-11-15(12-18(13-17)32-2)26-21(29)14-34-25-27-22-19-9-5-6-10-20(19)33-23(22)24(30)28(25)16-7-3-4-8-16/h5-6,9-13,16H,3-4,7-8,14H2,1-2H3,(H,26,29). The van der Waals surface area contributed by atoms with Crippen molar-refractivity contribution in [2.75, 3.05) is 25.3 Å². The highest BCUT2D eigenvalue weighted by Crippen LogP contribution is 2.34. The summed E-state index contributed by atoms with van der Waals surface area (Å²) < 4.78 is 18.1. The maximum absolute atomic E-state index is 13.5. The lowest BCUT2D eigenvalue weighted by atomic mass is 10.2. The van der Waals surface area contributed by atoms with Gasteiger partial charge in [-0.05, 0) is 25.0 Å². The van der Waals surface area contributed by atoms with Crippen LogP contribution in [0.1, 0.15) is 31.7 Å². The van der Waals surface area contributed by atoms with Crippen molar-refractivity contribution >= 4 is 45.4 Å². The van der Waals surface area contributed by atoms with Crippen LogP contribution < -0.4 is 20.3 Å². The Labute approximate surface area is 200 Å². The third-order valence-electron chi connectivity index (χ3n) is 6.05. The molecule has 2 aromatic carbocycles. The molecule has 1 fully saturated rings. The van der Waals surface area contributed by atoms with E-state index < -0.39 is 0 Å². The van der Waals surface area contributed by atoms with Crippen molar-refractivity contribution in [2.45, 2.75) is 36.9 Å². The number of nitrogens with one attached hydrogen (secondary N) is 1. The zero-order valence-corrected chi connectivity index (χ0v) is 19.8. The third kappa shape index (κ3) is 4.23. The number of thioether (sulfide) groups is 1. The Balaban J connectivity index is 1.45. The number of amides is 1. The number of ether oxygens (including phenoxy) is 2. The van der Waals surface area contributed by atoms with Gasteiger partial charge in [-0.15, -0.1) is 0 Å². The number of carbonyl (C=O) groups is 1. The van der Waals surface area contributed by atoms with Gasteiger partial charge in [0.25, 0.3) is 5.56 Å². The Morgan fingerprint density at radius 1 is 1.15 bits per heavy atom. The van der Waals surface area contributed by atoms with Crippen molar-refractivity contribution in [3.63, 3.8) is 0 Å². The Bertz CT molecular complexity index is 1400. The molecule has 176 valence electrons. The molecule has 1 aliphatic carbocycles. The number of nitrogens with zero attached hydrogens (tertiary/aromatic N) is 2. The van der Waals surface area contributed by atoms with Crippen molar-refractivity contribution < 1.29 is 18.7 Å². The second-order valence-electron chi connectivity index (χ2n) is 8.22. The first-order valence-electron chi connectivity index (χ1n) is 11.2. The van der Waals surface area contributed by atoms with E-state index in [0.29, 0.717) is 33.4 Å². The summed E-state index contributed by atoms with van der Waals surface area (Å²) >= 11 is 1.26. The van der Waals surface area contributed by atoms with E-state index in [1.807, 2.05) is 24.3 Å². The molecule has 1 saturated carbocycles. The highest BCUT2D eigenvalue weighted by atomic mass is 32.2. The molecule has 0 aliphatic heterocycles. The molecule has 9 heteroatoms. The predicted octanol–water partition coefficient (Wildman–Crippen LogP) is 5.01. The Morgan fingerprint density at radius 3 is 2.56 bits per heavy atom. The number of aromatic nitrogens is 2. The minimum absolute atomic E-state index is 0.0609. The first kappa shape index (κ1) is 22.3. The fourth-order valence-corrected chi connectivity index (χ4v) is 5.29. The molecule has 2 aromatic heterocycles. The van der Waals surface area contributed by atoms with Gasteiger partial charge >= 0.3 is 0 Å². The number of hydrogen-bond acceptors (Lipinski definition) is 7. The van der Waals surface area contributed by atoms with Gasteiger partial charge in [0.05, 0.1) is 20.0 Å². The van der Waals surface area contributed by atoms with Gasteiger partial charge < -0.3 is 19.2 Å². The van der Waals surface area contributed by atoms with Gasteiger partial charge in [0, 0.05) is 35.3 Å². The molecule has 0 atom stereocenters. The van der Waals surface area contributed by atoms with Crippen molar-refractivity contribution in [1.29, 1.82) is 0 Å². The summed E-state index contributed by atoms with van der Waals surface area (Å²) in [4.78, 5) is 31.1. The number of hydrogen-bond donors (Lipinski definition) is 1. The summed E-state index contributed by atoms with van der Waals surface area (Å²) in [5.74, 6) is 1.04. The van der Waals surface area contributed by atoms with E-state index in [2.05, 4.69) is 5.32 Å². The van der Waals surface area contributed by atoms with E-state index in [-0.39, 0.29) is 28.8 Å². The molecule has 0 saturated heterocycles. The van der Waals surface area contributed by atoms with Crippen molar-refractivity contribution in [2.24, 2.45) is 0 Å². The summed E-state index contributed by atoms with van der Waals surface area (Å²) in [6, 6.07) is 12.7. The number of anilines is 1. The minimum atomic E-state index is -0.218. The van der Waals surface area contributed by atoms with E-state index in [0.717, 1.165) is 31.1 Å². The second-order valence-corrected chi connectivity index (χ2v) is 9.16. The molecule has 1 N–H and O–H groups in total. The Hall–Kier alpha value is -3.46. The molecule has 1 amide bonds. The predicted molar refractivity (Wildman–Crippen MR) is 132 cm³/mol. The van der Waals surface area contributed by atoms with Gasteiger partial charge in [0.15, 0.2) is 5.16 Å². The Kier molecular flexibility index (Phi) is 6.19. The monoisotopic (exact) mass is 479 g/mol. The first-order valence-corrected chi connectivity index (χ1v) is 12.2. The van der Waals surface area contributed by atoms with Gasteiger partial charge in [0.1, 0.15) is 22.6 Å². The van der Waals surface area contributed by atoms with Crippen molar-refractivity contribution in [3.05, 3.63) is 52.8 Å². The SMILES string of the molecule is COc1cc(NC(=O)CSc2nc3c(oc4ccccc43)c(=O)n2C2CCCC2)cc(OC)c1. The third-order valence-corrected chi connectivity index (χ3v) is 7.01. The lowest BCUT2D eigenvalue weighted by Gasteiger charge is -2.17. The van der Waals surface area contributed by atoms with Crippen LogP contribution in [0.25, 0.3) is 22.1 Å². The summed E-state index contributed by atoms with van der Waals surface area (Å²) in [5, 5.41) is 4.20. The van der Waals surface area contributed by atoms with Gasteiger partial charge in [-0.3, -0.25) is 14.2 Å². The first-order chi connectivity index (χ1) is 16.6. The van der Waals surface area contributed by atoms with Crippen molar-refractivity contribution in [3.8, 4) is 11.5 Å². The van der Waals surface area contributed by atoms with Crippen LogP contribution in [-0.4, -0.2) is 35.4 Å². The quantitative estimate of drug-likeness (QED) is 0.294. The topological polar surface area (TPSA) is 95.6 Å². The average Bonchev–Trinajstić information content (AvgIpc) is 3.51. The molecule has 0 unspecified atom stereocenters. The number of benzene rings is 2. The number of para-hydroxylation sites is 1. The smallest absolute Gasteiger partial charge is 0.298 e. The van der Waals surface area contributed by atoms with E-state index in [4.69, 9.17) is 18.9 Å². The zero-order valence-electron chi connectivity index (χ0n) is 19.0. The van der Waals surface area contributed by atoms with Gasteiger partial charge in [-0.25, -0.2) is 4.98 Å². The fourth-order valence-electron chi connectivity index (χ4n) is 4.43. The average molecular weight is 480 g/mol. The summed E-state index contributed by atoms with van der Waals surface area (Å²) in [7, 11) is 3.11. The molecule has 4 aromatic rings. The van der Waals surface area contributed by atoms with Crippen LogP contribution in [0.2, 0.25) is 0 Å². The molecule has 0 bridgehead atoms. The number of furan rings is 1. The van der Waals surface area contributed by atoms with E-state index in [1.165, 1.54) is 11.8 Å². The van der Waals surface area contributed by atoms with Gasteiger partial charge in [-0.1, -0.05) is 36.7 Å². The van der Waals surface area contributed by atoms with E-state index in [1.54, 1.807) is 37.0 Å². The summed E-state index contributed by atoms with van der Waals surface area (Å²) in [6.45, 7) is 0. The normalized spacial score (nSPS) is 14.1.